The number of anilines is 1. The molecule has 0 spiro atoms. The number of hydrogen-bond acceptors (Lipinski definition) is 6. The van der Waals surface area contributed by atoms with E-state index >= 15 is 0 Å². The number of halogens is 3. The largest absolute Gasteiger partial charge is 0.395 e. The van der Waals surface area contributed by atoms with Crippen LogP contribution in [0.2, 0.25) is 5.02 Å². The van der Waals surface area contributed by atoms with Gasteiger partial charge in [0.2, 0.25) is 0 Å². The Kier molecular flexibility index (Phi) is 8.76. The van der Waals surface area contributed by atoms with Gasteiger partial charge in [0.15, 0.2) is 0 Å². The van der Waals surface area contributed by atoms with Gasteiger partial charge in [0.25, 0.3) is 11.4 Å². The van der Waals surface area contributed by atoms with Gasteiger partial charge >= 0.3 is 0 Å². The van der Waals surface area contributed by atoms with Crippen molar-refractivity contribution in [1.82, 2.24) is 0 Å². The lowest BCUT2D eigenvalue weighted by molar-refractivity contribution is -0.384. The average Bonchev–Trinajstić information content (AvgIpc) is 2.56. The molecule has 2 N–H and O–H groups in total. The summed E-state index contributed by atoms with van der Waals surface area (Å²) in [4.78, 5) is 19.9. The van der Waals surface area contributed by atoms with Crippen LogP contribution in [-0.4, -0.2) is 28.1 Å². The van der Waals surface area contributed by atoms with Crippen LogP contribution in [0.5, 0.6) is 0 Å². The summed E-state index contributed by atoms with van der Waals surface area (Å²) < 4.78 is 1.15. The zero-order valence-corrected chi connectivity index (χ0v) is 16.4. The van der Waals surface area contributed by atoms with Crippen LogP contribution < -0.4 is 5.32 Å². The summed E-state index contributed by atoms with van der Waals surface area (Å²) in [5, 5.41) is 32.4. The second-order valence-electron chi connectivity index (χ2n) is 4.37. The molecule has 0 unspecified atom stereocenters. The number of aliphatic hydroxyl groups excluding tert-OH is 1. The van der Waals surface area contributed by atoms with Crippen molar-refractivity contribution < 1.29 is 15.0 Å². The number of benzene rings is 2. The van der Waals surface area contributed by atoms with E-state index in [1.54, 1.807) is 24.3 Å². The van der Waals surface area contributed by atoms with Gasteiger partial charge in [-0.05, 0) is 44.0 Å². The van der Waals surface area contributed by atoms with E-state index < -0.39 is 9.85 Å². The van der Waals surface area contributed by atoms with Crippen LogP contribution in [0.1, 0.15) is 0 Å². The smallest absolute Gasteiger partial charge is 0.293 e. The summed E-state index contributed by atoms with van der Waals surface area (Å²) in [5.41, 5.74) is 0.306. The second kappa shape index (κ2) is 10.3. The van der Waals surface area contributed by atoms with Crippen molar-refractivity contribution in [3.05, 3.63) is 70.6 Å². The third-order valence-electron chi connectivity index (χ3n) is 2.73. The number of rotatable bonds is 5. The lowest BCUT2D eigenvalue weighted by Gasteiger charge is -2.06. The minimum Gasteiger partial charge on any atom is -0.395 e. The minimum absolute atomic E-state index is 0.00664. The molecule has 8 nitrogen and oxygen atoms in total. The quantitative estimate of drug-likeness (QED) is 0.454. The predicted molar refractivity (Wildman–Crippen MR) is 102 cm³/mol. The average molecular weight is 498 g/mol. The number of para-hydroxylation sites is 1. The number of nitrogens with one attached hydrogen (secondary N) is 1. The summed E-state index contributed by atoms with van der Waals surface area (Å²) in [6.45, 7) is 0.210. The van der Waals surface area contributed by atoms with Gasteiger partial charge in [0, 0.05) is 27.6 Å². The highest BCUT2D eigenvalue weighted by Crippen LogP contribution is 2.32. The van der Waals surface area contributed by atoms with Gasteiger partial charge in [-0.2, -0.15) is 0 Å². The fourth-order valence-corrected chi connectivity index (χ4v) is 2.70. The number of nitrogens with zero attached hydrogens (tertiary/aromatic N) is 2. The molecular weight excluding hydrogens is 485 g/mol. The van der Waals surface area contributed by atoms with Crippen LogP contribution in [0.25, 0.3) is 0 Å². The monoisotopic (exact) mass is 495 g/mol. The van der Waals surface area contributed by atoms with Crippen LogP contribution in [0, 0.1) is 20.2 Å². The van der Waals surface area contributed by atoms with Gasteiger partial charge in [0.1, 0.15) is 10.7 Å². The lowest BCUT2D eigenvalue weighted by atomic mass is 10.2. The second-order valence-corrected chi connectivity index (χ2v) is 6.46. The summed E-state index contributed by atoms with van der Waals surface area (Å²) in [5.74, 6) is 0. The topological polar surface area (TPSA) is 119 Å². The Hall–Kier alpha value is -1.75. The third kappa shape index (κ3) is 6.24. The van der Waals surface area contributed by atoms with Gasteiger partial charge in [-0.1, -0.05) is 23.7 Å². The van der Waals surface area contributed by atoms with Crippen molar-refractivity contribution in [2.75, 3.05) is 18.5 Å². The highest BCUT2D eigenvalue weighted by Gasteiger charge is 2.15. The first-order valence-electron chi connectivity index (χ1n) is 6.65. The van der Waals surface area contributed by atoms with E-state index in [4.69, 9.17) is 16.7 Å². The third-order valence-corrected chi connectivity index (χ3v) is 4.68. The van der Waals surface area contributed by atoms with E-state index in [2.05, 4.69) is 37.2 Å². The van der Waals surface area contributed by atoms with E-state index in [-0.39, 0.29) is 29.5 Å². The minimum atomic E-state index is -0.521. The first-order valence-corrected chi connectivity index (χ1v) is 8.62. The molecule has 0 saturated carbocycles. The summed E-state index contributed by atoms with van der Waals surface area (Å²) >= 11 is 11.9. The molecule has 0 aromatic heterocycles. The molecule has 0 atom stereocenters. The number of nitro groups is 2. The molecule has 0 radical (unpaired) electrons. The summed E-state index contributed by atoms with van der Waals surface area (Å²) in [6, 6.07) is 9.26. The maximum absolute atomic E-state index is 10.6. The lowest BCUT2D eigenvalue weighted by Crippen LogP contribution is -2.07. The Morgan fingerprint density at radius 3 is 2.00 bits per heavy atom. The normalized spacial score (nSPS) is 9.76. The standard InChI is InChI=1S/C8H9BrN2O3.C6H3BrClNO2/c9-6-2-1-3-7(11(13)14)8(6)10-4-5-12;7-4-2-1-3-5(6(4)8)9(10)11/h1-3,10,12H,4-5H2;1-3H. The van der Waals surface area contributed by atoms with Crippen molar-refractivity contribution in [3.63, 3.8) is 0 Å². The van der Waals surface area contributed by atoms with Crippen LogP contribution in [0.3, 0.4) is 0 Å². The van der Waals surface area contributed by atoms with Gasteiger partial charge in [-0.25, -0.2) is 0 Å². The molecule has 11 heteroatoms. The number of aliphatic hydroxyl groups is 1. The molecule has 0 bridgehead atoms. The van der Waals surface area contributed by atoms with Crippen LogP contribution >= 0.6 is 43.5 Å². The van der Waals surface area contributed by atoms with E-state index in [1.165, 1.54) is 12.1 Å². The zero-order chi connectivity index (χ0) is 19.0. The molecule has 0 aliphatic rings. The zero-order valence-electron chi connectivity index (χ0n) is 12.5. The molecular formula is C14H12Br2ClN3O5. The molecule has 0 fully saturated rings. The predicted octanol–water partition coefficient (Wildman–Crippen LogP) is 4.77. The molecule has 0 amide bonds. The van der Waals surface area contributed by atoms with Gasteiger partial charge < -0.3 is 10.4 Å². The Morgan fingerprint density at radius 1 is 1.00 bits per heavy atom. The highest BCUT2D eigenvalue weighted by molar-refractivity contribution is 9.11. The molecule has 25 heavy (non-hydrogen) atoms. The van der Waals surface area contributed by atoms with Gasteiger partial charge in [-0.3, -0.25) is 20.2 Å². The Morgan fingerprint density at radius 2 is 1.52 bits per heavy atom. The molecule has 2 aromatic rings. The van der Waals surface area contributed by atoms with Crippen molar-refractivity contribution in [2.24, 2.45) is 0 Å². The molecule has 0 aliphatic heterocycles. The first-order chi connectivity index (χ1) is 11.8. The van der Waals surface area contributed by atoms with Crippen LogP contribution in [0.15, 0.2) is 45.3 Å². The summed E-state index contributed by atoms with van der Waals surface area (Å²) in [6.07, 6.45) is 0. The molecule has 2 aromatic carbocycles. The maximum Gasteiger partial charge on any atom is 0.293 e. The van der Waals surface area contributed by atoms with Crippen molar-refractivity contribution in [1.29, 1.82) is 0 Å². The van der Waals surface area contributed by atoms with Crippen LogP contribution in [0.4, 0.5) is 17.1 Å². The number of hydrogen-bond donors (Lipinski definition) is 2. The fraction of sp³-hybridized carbons (Fsp3) is 0.143. The highest BCUT2D eigenvalue weighted by atomic mass is 79.9. The van der Waals surface area contributed by atoms with Crippen molar-refractivity contribution in [2.45, 2.75) is 0 Å². The van der Waals surface area contributed by atoms with Gasteiger partial charge in [-0.15, -0.1) is 0 Å². The van der Waals surface area contributed by atoms with Crippen LogP contribution in [-0.2, 0) is 0 Å². The van der Waals surface area contributed by atoms with E-state index in [9.17, 15) is 20.2 Å². The first kappa shape index (κ1) is 21.3. The Bertz CT molecular complexity index is 776. The molecule has 0 saturated heterocycles. The molecule has 0 aliphatic carbocycles. The fourth-order valence-electron chi connectivity index (χ4n) is 1.65. The molecule has 134 valence electrons. The Labute approximate surface area is 164 Å². The molecule has 2 rings (SSSR count). The summed E-state index contributed by atoms with van der Waals surface area (Å²) in [7, 11) is 0. The van der Waals surface area contributed by atoms with E-state index in [1.807, 2.05) is 0 Å². The Balaban J connectivity index is 0.000000257. The van der Waals surface area contributed by atoms with Gasteiger partial charge in [0.05, 0.1) is 16.5 Å². The maximum atomic E-state index is 10.6. The van der Waals surface area contributed by atoms with Crippen molar-refractivity contribution >= 4 is 60.5 Å². The van der Waals surface area contributed by atoms with Crippen molar-refractivity contribution in [3.8, 4) is 0 Å². The van der Waals surface area contributed by atoms with E-state index in [0.717, 1.165) is 0 Å². The molecule has 0 heterocycles. The number of nitro benzene ring substituents is 2. The SMILES string of the molecule is O=[N+]([O-])c1cccc(Br)c1Cl.O=[N+]([O-])c1cccc(Br)c1NCCO. The van der Waals surface area contributed by atoms with E-state index in [0.29, 0.717) is 14.6 Å².